The minimum absolute atomic E-state index is 0.0826. The zero-order valence-corrected chi connectivity index (χ0v) is 20.7. The molecule has 0 aromatic heterocycles. The van der Waals surface area contributed by atoms with Crippen LogP contribution < -0.4 is 14.8 Å². The first kappa shape index (κ1) is 28.9. The molecule has 34 heavy (non-hydrogen) atoms. The van der Waals surface area contributed by atoms with E-state index in [0.717, 1.165) is 0 Å². The summed E-state index contributed by atoms with van der Waals surface area (Å²) in [5.41, 5.74) is 0.628. The largest absolute Gasteiger partial charge is 0.508 e. The van der Waals surface area contributed by atoms with E-state index in [1.165, 1.54) is 19.2 Å². The van der Waals surface area contributed by atoms with Gasteiger partial charge in [0, 0.05) is 19.4 Å². The molecule has 0 aliphatic carbocycles. The lowest BCUT2D eigenvalue weighted by Gasteiger charge is -2.21. The molecule has 1 N–H and O–H groups in total. The molecule has 0 saturated heterocycles. The molecular weight excluding hydrogens is 446 g/mol. The van der Waals surface area contributed by atoms with Gasteiger partial charge in [-0.05, 0) is 44.4 Å². The van der Waals surface area contributed by atoms with E-state index in [1.807, 2.05) is 6.92 Å². The Labute approximate surface area is 200 Å². The molecule has 10 nitrogen and oxygen atoms in total. The first-order chi connectivity index (χ1) is 16.1. The van der Waals surface area contributed by atoms with E-state index < -0.39 is 36.2 Å². The summed E-state index contributed by atoms with van der Waals surface area (Å²) >= 11 is 0. The fourth-order valence-electron chi connectivity index (χ4n) is 2.64. The lowest BCUT2D eigenvalue weighted by atomic mass is 10.0. The summed E-state index contributed by atoms with van der Waals surface area (Å²) in [5, 5.41) is 3.02. The SMILES string of the molecule is CCC(=O)Oc1ccc(C[C@H](NCC(C)OC(=O)OC(C)CC)C(=O)OC)cc1OC(=O)CC. The zero-order valence-electron chi connectivity index (χ0n) is 20.7. The topological polar surface area (TPSA) is 126 Å². The molecule has 0 radical (unpaired) electrons. The Hall–Kier alpha value is -3.14. The molecule has 1 aromatic carbocycles. The number of esters is 3. The molecule has 0 aliphatic rings. The van der Waals surface area contributed by atoms with E-state index in [1.54, 1.807) is 33.8 Å². The molecule has 0 spiro atoms. The van der Waals surface area contributed by atoms with Crippen LogP contribution in [0.15, 0.2) is 18.2 Å². The van der Waals surface area contributed by atoms with Crippen molar-refractivity contribution in [3.8, 4) is 11.5 Å². The highest BCUT2D eigenvalue weighted by atomic mass is 16.7. The normalized spacial score (nSPS) is 13.2. The standard InChI is InChI=1S/C24H35NO9/c1-7-15(4)31-24(29)32-16(5)14-25-18(23(28)30-6)12-17-10-11-19(33-21(26)8-2)20(13-17)34-22(27)9-3/h10-11,13,15-16,18,25H,7-9,12,14H2,1-6H3/t15?,16?,18-/m0/s1. The van der Waals surface area contributed by atoms with Crippen molar-refractivity contribution in [2.75, 3.05) is 13.7 Å². The zero-order chi connectivity index (χ0) is 25.7. The Morgan fingerprint density at radius 3 is 2.03 bits per heavy atom. The smallest absolute Gasteiger partial charge is 0.468 e. The van der Waals surface area contributed by atoms with E-state index in [0.29, 0.717) is 12.0 Å². The van der Waals surface area contributed by atoms with E-state index in [-0.39, 0.29) is 43.4 Å². The maximum Gasteiger partial charge on any atom is 0.508 e. The van der Waals surface area contributed by atoms with Gasteiger partial charge in [-0.25, -0.2) is 4.79 Å². The number of rotatable bonds is 13. The second kappa shape index (κ2) is 14.9. The highest BCUT2D eigenvalue weighted by Crippen LogP contribution is 2.30. The molecule has 0 saturated carbocycles. The van der Waals surface area contributed by atoms with Crippen LogP contribution in [0.5, 0.6) is 11.5 Å². The van der Waals surface area contributed by atoms with Gasteiger partial charge in [0.15, 0.2) is 11.5 Å². The highest BCUT2D eigenvalue weighted by molar-refractivity contribution is 5.77. The fourth-order valence-corrected chi connectivity index (χ4v) is 2.64. The van der Waals surface area contributed by atoms with Crippen molar-refractivity contribution >= 4 is 24.1 Å². The van der Waals surface area contributed by atoms with E-state index in [4.69, 9.17) is 23.7 Å². The second-order valence-corrected chi connectivity index (χ2v) is 7.64. The number of carbonyl (C=O) groups is 4. The van der Waals surface area contributed by atoms with E-state index in [9.17, 15) is 19.2 Å². The van der Waals surface area contributed by atoms with Gasteiger partial charge in [0.25, 0.3) is 0 Å². The van der Waals surface area contributed by atoms with Gasteiger partial charge >= 0.3 is 24.1 Å². The van der Waals surface area contributed by atoms with Gasteiger partial charge in [-0.1, -0.05) is 26.8 Å². The number of nitrogens with one attached hydrogen (secondary N) is 1. The van der Waals surface area contributed by atoms with Crippen LogP contribution >= 0.6 is 0 Å². The predicted octanol–water partition coefficient (Wildman–Crippen LogP) is 3.33. The third kappa shape index (κ3) is 10.2. The molecule has 2 unspecified atom stereocenters. The molecule has 3 atom stereocenters. The Kier molecular flexibility index (Phi) is 12.7. The summed E-state index contributed by atoms with van der Waals surface area (Å²) in [7, 11) is 1.27. The number of benzene rings is 1. The molecular formula is C24H35NO9. The fraction of sp³-hybridized carbons (Fsp3) is 0.583. The van der Waals surface area contributed by atoms with Crippen LogP contribution in [-0.2, 0) is 35.0 Å². The van der Waals surface area contributed by atoms with E-state index >= 15 is 0 Å². The van der Waals surface area contributed by atoms with Gasteiger partial charge in [-0.3, -0.25) is 14.4 Å². The average Bonchev–Trinajstić information content (AvgIpc) is 2.81. The Morgan fingerprint density at radius 2 is 1.47 bits per heavy atom. The summed E-state index contributed by atoms with van der Waals surface area (Å²) < 4.78 is 25.7. The second-order valence-electron chi connectivity index (χ2n) is 7.64. The maximum atomic E-state index is 12.3. The lowest BCUT2D eigenvalue weighted by Crippen LogP contribution is -2.43. The monoisotopic (exact) mass is 481 g/mol. The van der Waals surface area contributed by atoms with Crippen molar-refractivity contribution in [3.63, 3.8) is 0 Å². The van der Waals surface area contributed by atoms with Crippen LogP contribution in [0, 0.1) is 0 Å². The number of hydrogen-bond acceptors (Lipinski definition) is 10. The highest BCUT2D eigenvalue weighted by Gasteiger charge is 2.23. The van der Waals surface area contributed by atoms with Gasteiger partial charge in [-0.15, -0.1) is 0 Å². The van der Waals surface area contributed by atoms with Gasteiger partial charge in [0.1, 0.15) is 18.2 Å². The van der Waals surface area contributed by atoms with Crippen LogP contribution in [-0.4, -0.2) is 56.0 Å². The van der Waals surface area contributed by atoms with Crippen LogP contribution in [0.2, 0.25) is 0 Å². The van der Waals surface area contributed by atoms with Crippen LogP contribution in [0.3, 0.4) is 0 Å². The van der Waals surface area contributed by atoms with Gasteiger partial charge in [0.2, 0.25) is 0 Å². The number of methoxy groups -OCH3 is 1. The Morgan fingerprint density at radius 1 is 0.882 bits per heavy atom. The van der Waals surface area contributed by atoms with Gasteiger partial charge in [-0.2, -0.15) is 0 Å². The van der Waals surface area contributed by atoms with Gasteiger partial charge < -0.3 is 29.0 Å². The molecule has 0 heterocycles. The van der Waals surface area contributed by atoms with Crippen molar-refractivity contribution < 1.29 is 42.9 Å². The van der Waals surface area contributed by atoms with Crippen LogP contribution in [0.25, 0.3) is 0 Å². The first-order valence-corrected chi connectivity index (χ1v) is 11.4. The van der Waals surface area contributed by atoms with Crippen molar-refractivity contribution in [2.45, 2.75) is 78.6 Å². The average molecular weight is 482 g/mol. The Bertz CT molecular complexity index is 840. The van der Waals surface area contributed by atoms with Gasteiger partial charge in [0.05, 0.1) is 7.11 Å². The lowest BCUT2D eigenvalue weighted by molar-refractivity contribution is -0.143. The molecule has 10 heteroatoms. The molecule has 0 fully saturated rings. The molecule has 1 rings (SSSR count). The molecule has 1 aromatic rings. The molecule has 0 bridgehead atoms. The van der Waals surface area contributed by atoms with Crippen LogP contribution in [0.1, 0.15) is 59.4 Å². The summed E-state index contributed by atoms with van der Waals surface area (Å²) in [5.74, 6) is -1.30. The quantitative estimate of drug-likeness (QED) is 0.331. The minimum Gasteiger partial charge on any atom is -0.468 e. The molecule has 0 amide bonds. The van der Waals surface area contributed by atoms with Crippen molar-refractivity contribution in [1.82, 2.24) is 5.32 Å². The summed E-state index contributed by atoms with van der Waals surface area (Å²) in [6.07, 6.45) is -0.477. The third-order valence-electron chi connectivity index (χ3n) is 4.78. The number of carbonyl (C=O) groups excluding carboxylic acids is 4. The summed E-state index contributed by atoms with van der Waals surface area (Å²) in [6, 6.07) is 3.92. The molecule has 190 valence electrons. The van der Waals surface area contributed by atoms with Crippen molar-refractivity contribution in [1.29, 1.82) is 0 Å². The number of ether oxygens (including phenoxy) is 5. The summed E-state index contributed by atoms with van der Waals surface area (Å²) in [6.45, 7) is 8.77. The predicted molar refractivity (Wildman–Crippen MR) is 123 cm³/mol. The minimum atomic E-state index is -0.780. The maximum absolute atomic E-state index is 12.3. The van der Waals surface area contributed by atoms with Crippen molar-refractivity contribution in [3.05, 3.63) is 23.8 Å². The first-order valence-electron chi connectivity index (χ1n) is 11.4. The Balaban J connectivity index is 2.92. The summed E-state index contributed by atoms with van der Waals surface area (Å²) in [4.78, 5) is 47.6. The van der Waals surface area contributed by atoms with Crippen molar-refractivity contribution in [2.24, 2.45) is 0 Å². The van der Waals surface area contributed by atoms with E-state index in [2.05, 4.69) is 5.32 Å². The molecule has 0 aliphatic heterocycles. The van der Waals surface area contributed by atoms with Crippen LogP contribution in [0.4, 0.5) is 4.79 Å². The number of hydrogen-bond donors (Lipinski definition) is 1. The third-order valence-corrected chi connectivity index (χ3v) is 4.78.